The molecule has 0 bridgehead atoms. The van der Waals surface area contributed by atoms with Crippen LogP contribution in [-0.4, -0.2) is 11.7 Å². The third kappa shape index (κ3) is 3.00. The van der Waals surface area contributed by atoms with Gasteiger partial charge in [-0.05, 0) is 6.42 Å². The summed E-state index contributed by atoms with van der Waals surface area (Å²) >= 11 is 0. The molecule has 0 amide bonds. The number of hydrogen-bond acceptors (Lipinski definition) is 2. The number of ether oxygens (including phenoxy) is 1. The monoisotopic (exact) mass is 266 g/mol. The van der Waals surface area contributed by atoms with Crippen molar-refractivity contribution in [1.82, 2.24) is 0 Å². The van der Waals surface area contributed by atoms with Crippen LogP contribution in [0, 0.1) is 23.3 Å². The molecule has 1 rings (SSSR count). The van der Waals surface area contributed by atoms with Gasteiger partial charge in [-0.2, -0.15) is 0 Å². The number of aliphatic hydroxyl groups is 1. The van der Waals surface area contributed by atoms with E-state index in [4.69, 9.17) is 9.84 Å². The fraction of sp³-hybridized carbons (Fsp3) is 0.500. The molecule has 0 heterocycles. The summed E-state index contributed by atoms with van der Waals surface area (Å²) in [5, 5.41) is 8.64. The van der Waals surface area contributed by atoms with Crippen molar-refractivity contribution in [1.29, 1.82) is 0 Å². The van der Waals surface area contributed by atoms with Gasteiger partial charge in [0.1, 0.15) is 0 Å². The van der Waals surface area contributed by atoms with Crippen molar-refractivity contribution in [3.8, 4) is 0 Å². The number of aliphatic hydroxyl groups excluding tert-OH is 1. The Kier molecular flexibility index (Phi) is 5.55. The van der Waals surface area contributed by atoms with Crippen molar-refractivity contribution >= 4 is 0 Å². The van der Waals surface area contributed by atoms with Gasteiger partial charge in [-0.3, -0.25) is 0 Å². The van der Waals surface area contributed by atoms with Crippen LogP contribution in [0.5, 0.6) is 0 Å². The van der Waals surface area contributed by atoms with E-state index < -0.39 is 47.6 Å². The van der Waals surface area contributed by atoms with E-state index in [9.17, 15) is 17.6 Å². The highest BCUT2D eigenvalue weighted by Crippen LogP contribution is 2.24. The smallest absolute Gasteiger partial charge is 0.167 e. The lowest BCUT2D eigenvalue weighted by Crippen LogP contribution is -2.10. The average molecular weight is 266 g/mol. The molecule has 102 valence electrons. The molecule has 1 aromatic rings. The second-order valence-electron chi connectivity index (χ2n) is 3.78. The van der Waals surface area contributed by atoms with E-state index in [0.29, 0.717) is 6.42 Å². The molecule has 0 fully saturated rings. The average Bonchev–Trinajstić information content (AvgIpc) is 2.36. The second-order valence-corrected chi connectivity index (χ2v) is 3.78. The van der Waals surface area contributed by atoms with Gasteiger partial charge in [0, 0.05) is 6.61 Å². The molecule has 1 N–H and O–H groups in total. The molecule has 0 aliphatic heterocycles. The van der Waals surface area contributed by atoms with Crippen LogP contribution < -0.4 is 0 Å². The van der Waals surface area contributed by atoms with Gasteiger partial charge in [0.05, 0.1) is 24.3 Å². The van der Waals surface area contributed by atoms with E-state index in [1.54, 1.807) is 0 Å². The minimum absolute atomic E-state index is 0.250. The van der Waals surface area contributed by atoms with Crippen LogP contribution >= 0.6 is 0 Å². The Labute approximate surface area is 102 Å². The highest BCUT2D eigenvalue weighted by Gasteiger charge is 2.24. The summed E-state index contributed by atoms with van der Waals surface area (Å²) in [6.45, 7) is 0.500. The molecule has 18 heavy (non-hydrogen) atoms. The predicted octanol–water partition coefficient (Wildman–Crippen LogP) is 3.05. The molecular formula is C12H14F4O2. The molecule has 0 radical (unpaired) electrons. The lowest BCUT2D eigenvalue weighted by molar-refractivity contribution is 0.111. The quantitative estimate of drug-likeness (QED) is 0.487. The maximum Gasteiger partial charge on any atom is 0.167 e. The third-order valence-electron chi connectivity index (χ3n) is 2.49. The van der Waals surface area contributed by atoms with Gasteiger partial charge in [-0.25, -0.2) is 17.6 Å². The van der Waals surface area contributed by atoms with Crippen molar-refractivity contribution in [3.63, 3.8) is 0 Å². The highest BCUT2D eigenvalue weighted by molar-refractivity contribution is 5.29. The SMILES string of the molecule is CCCCOCc1c(F)c(F)c(CO)c(F)c1F. The van der Waals surface area contributed by atoms with Crippen molar-refractivity contribution in [2.45, 2.75) is 33.0 Å². The number of rotatable bonds is 6. The van der Waals surface area contributed by atoms with Crippen LogP contribution in [0.4, 0.5) is 17.6 Å². The molecule has 2 nitrogen and oxygen atoms in total. The van der Waals surface area contributed by atoms with Gasteiger partial charge in [-0.1, -0.05) is 13.3 Å². The Hall–Kier alpha value is -1.14. The van der Waals surface area contributed by atoms with E-state index >= 15 is 0 Å². The van der Waals surface area contributed by atoms with Gasteiger partial charge >= 0.3 is 0 Å². The van der Waals surface area contributed by atoms with Gasteiger partial charge in [0.2, 0.25) is 0 Å². The molecule has 0 aliphatic rings. The van der Waals surface area contributed by atoms with E-state index in [1.807, 2.05) is 6.92 Å². The van der Waals surface area contributed by atoms with Crippen LogP contribution in [0.2, 0.25) is 0 Å². The normalized spacial score (nSPS) is 11.0. The zero-order valence-electron chi connectivity index (χ0n) is 9.90. The molecule has 1 aromatic carbocycles. The van der Waals surface area contributed by atoms with Gasteiger partial charge in [-0.15, -0.1) is 0 Å². The summed E-state index contributed by atoms with van der Waals surface area (Å²) in [7, 11) is 0. The summed E-state index contributed by atoms with van der Waals surface area (Å²) in [6, 6.07) is 0. The van der Waals surface area contributed by atoms with Crippen molar-refractivity contribution in [3.05, 3.63) is 34.4 Å². The van der Waals surface area contributed by atoms with E-state index in [2.05, 4.69) is 0 Å². The first-order chi connectivity index (χ1) is 8.54. The Morgan fingerprint density at radius 2 is 1.44 bits per heavy atom. The number of benzene rings is 1. The van der Waals surface area contributed by atoms with E-state index in [1.165, 1.54) is 0 Å². The zero-order valence-corrected chi connectivity index (χ0v) is 9.90. The molecule has 0 saturated carbocycles. The molecule has 0 aromatic heterocycles. The minimum atomic E-state index is -1.58. The molecule has 6 heteroatoms. The Morgan fingerprint density at radius 3 is 1.89 bits per heavy atom. The zero-order chi connectivity index (χ0) is 13.7. The lowest BCUT2D eigenvalue weighted by Gasteiger charge is -2.11. The van der Waals surface area contributed by atoms with Crippen molar-refractivity contribution in [2.24, 2.45) is 0 Å². The fourth-order valence-electron chi connectivity index (χ4n) is 1.41. The van der Waals surface area contributed by atoms with Crippen molar-refractivity contribution in [2.75, 3.05) is 6.61 Å². The second kappa shape index (κ2) is 6.70. The summed E-state index contributed by atoms with van der Waals surface area (Å²) in [5.41, 5.74) is -1.80. The Balaban J connectivity index is 2.98. The lowest BCUT2D eigenvalue weighted by atomic mass is 10.1. The van der Waals surface area contributed by atoms with Crippen LogP contribution in [0.15, 0.2) is 0 Å². The standard InChI is InChI=1S/C12H14F4O2/c1-2-3-4-18-6-8-11(15)9(13)7(5-17)10(14)12(8)16/h17H,2-6H2,1H3. The van der Waals surface area contributed by atoms with Crippen molar-refractivity contribution < 1.29 is 27.4 Å². The maximum absolute atomic E-state index is 13.4. The van der Waals surface area contributed by atoms with Gasteiger partial charge in [0.15, 0.2) is 23.3 Å². The van der Waals surface area contributed by atoms with Gasteiger partial charge in [0.25, 0.3) is 0 Å². The highest BCUT2D eigenvalue weighted by atomic mass is 19.2. The molecule has 0 spiro atoms. The first-order valence-corrected chi connectivity index (χ1v) is 5.56. The summed E-state index contributed by atoms with van der Waals surface area (Å²) in [4.78, 5) is 0. The van der Waals surface area contributed by atoms with Gasteiger partial charge < -0.3 is 9.84 Å². The van der Waals surface area contributed by atoms with Crippen LogP contribution in [0.3, 0.4) is 0 Å². The summed E-state index contributed by atoms with van der Waals surface area (Å²) in [5.74, 6) is -6.19. The van der Waals surface area contributed by atoms with Crippen LogP contribution in [-0.2, 0) is 18.0 Å². The van der Waals surface area contributed by atoms with Crippen LogP contribution in [0.25, 0.3) is 0 Å². The predicted molar refractivity (Wildman–Crippen MR) is 56.8 cm³/mol. The Morgan fingerprint density at radius 1 is 0.944 bits per heavy atom. The maximum atomic E-state index is 13.4. The summed E-state index contributed by atoms with van der Waals surface area (Å²) < 4.78 is 58.3. The molecule has 0 unspecified atom stereocenters. The first-order valence-electron chi connectivity index (χ1n) is 5.56. The molecular weight excluding hydrogens is 252 g/mol. The minimum Gasteiger partial charge on any atom is -0.391 e. The third-order valence-corrected chi connectivity index (χ3v) is 2.49. The first kappa shape index (κ1) is 14.9. The van der Waals surface area contributed by atoms with E-state index in [0.717, 1.165) is 6.42 Å². The number of unbranched alkanes of at least 4 members (excludes halogenated alkanes) is 1. The number of hydrogen-bond donors (Lipinski definition) is 1. The van der Waals surface area contributed by atoms with E-state index in [-0.39, 0.29) is 6.61 Å². The topological polar surface area (TPSA) is 29.5 Å². The summed E-state index contributed by atoms with van der Waals surface area (Å²) in [6.07, 6.45) is 1.51. The largest absolute Gasteiger partial charge is 0.391 e. The molecule has 0 saturated heterocycles. The number of halogens is 4. The fourth-order valence-corrected chi connectivity index (χ4v) is 1.41. The molecule has 0 aliphatic carbocycles. The Bertz CT molecular complexity index is 392. The molecule has 0 atom stereocenters. The van der Waals surface area contributed by atoms with Crippen LogP contribution in [0.1, 0.15) is 30.9 Å².